The molecule has 2 heterocycles. The number of carbonyl (C=O) groups is 1. The molecule has 1 unspecified atom stereocenters. The summed E-state index contributed by atoms with van der Waals surface area (Å²) in [6.07, 6.45) is 0.537. The van der Waals surface area contributed by atoms with Crippen molar-refractivity contribution in [2.75, 3.05) is 6.54 Å². The summed E-state index contributed by atoms with van der Waals surface area (Å²) in [5.41, 5.74) is 0.941. The SMILES string of the molecule is O=C(NCC(O)c1ccco1)c1[nH]c2ccc(Cl)cc2c1Cl. The predicted octanol–water partition coefficient (Wildman–Crippen LogP) is 3.53. The van der Waals surface area contributed by atoms with E-state index >= 15 is 0 Å². The molecule has 0 fully saturated rings. The maximum atomic E-state index is 12.2. The lowest BCUT2D eigenvalue weighted by Crippen LogP contribution is -2.28. The first-order chi connectivity index (χ1) is 10.6. The molecule has 1 amide bonds. The summed E-state index contributed by atoms with van der Waals surface area (Å²) in [5, 5.41) is 14.0. The van der Waals surface area contributed by atoms with Crippen LogP contribution in [0.5, 0.6) is 0 Å². The summed E-state index contributed by atoms with van der Waals surface area (Å²) in [6, 6.07) is 8.44. The van der Waals surface area contributed by atoms with Crippen LogP contribution in [0.4, 0.5) is 0 Å². The van der Waals surface area contributed by atoms with E-state index in [2.05, 4.69) is 10.3 Å². The molecule has 22 heavy (non-hydrogen) atoms. The summed E-state index contributed by atoms with van der Waals surface area (Å²) in [5.74, 6) is -0.0299. The molecule has 0 bridgehead atoms. The quantitative estimate of drug-likeness (QED) is 0.680. The minimum absolute atomic E-state index is 0.0127. The zero-order chi connectivity index (χ0) is 15.7. The summed E-state index contributed by atoms with van der Waals surface area (Å²) in [4.78, 5) is 15.1. The Hall–Kier alpha value is -1.95. The van der Waals surface area contributed by atoms with E-state index in [1.165, 1.54) is 6.26 Å². The van der Waals surface area contributed by atoms with Crippen LogP contribution >= 0.6 is 23.2 Å². The molecule has 0 radical (unpaired) electrons. The van der Waals surface area contributed by atoms with Crippen molar-refractivity contribution < 1.29 is 14.3 Å². The largest absolute Gasteiger partial charge is 0.467 e. The van der Waals surface area contributed by atoms with Crippen LogP contribution in [0.25, 0.3) is 10.9 Å². The van der Waals surface area contributed by atoms with Gasteiger partial charge in [0.25, 0.3) is 5.91 Å². The molecular weight excluding hydrogens is 327 g/mol. The van der Waals surface area contributed by atoms with E-state index < -0.39 is 12.0 Å². The average Bonchev–Trinajstić information content (AvgIpc) is 3.14. The van der Waals surface area contributed by atoms with Gasteiger partial charge < -0.3 is 19.8 Å². The van der Waals surface area contributed by atoms with Crippen LogP contribution in [0.15, 0.2) is 41.0 Å². The lowest BCUT2D eigenvalue weighted by atomic mass is 10.2. The number of aromatic amines is 1. The molecule has 2 aromatic heterocycles. The predicted molar refractivity (Wildman–Crippen MR) is 84.3 cm³/mol. The standard InChI is InChI=1S/C15H12Cl2N2O3/c16-8-3-4-10-9(6-8)13(17)14(19-10)15(21)18-7-11(20)12-2-1-5-22-12/h1-6,11,19-20H,7H2,(H,18,21). The highest BCUT2D eigenvalue weighted by Crippen LogP contribution is 2.29. The molecule has 0 aliphatic heterocycles. The molecule has 7 heteroatoms. The van der Waals surface area contributed by atoms with Crippen molar-refractivity contribution in [3.8, 4) is 0 Å². The molecule has 5 nitrogen and oxygen atoms in total. The number of aliphatic hydroxyl groups excluding tert-OH is 1. The molecule has 1 aromatic carbocycles. The van der Waals surface area contributed by atoms with Crippen molar-refractivity contribution in [1.82, 2.24) is 10.3 Å². The Morgan fingerprint density at radius 3 is 2.91 bits per heavy atom. The van der Waals surface area contributed by atoms with Gasteiger partial charge in [-0.1, -0.05) is 23.2 Å². The van der Waals surface area contributed by atoms with Gasteiger partial charge in [-0.15, -0.1) is 0 Å². The first-order valence-electron chi connectivity index (χ1n) is 6.52. The lowest BCUT2D eigenvalue weighted by molar-refractivity contribution is 0.0897. The number of benzene rings is 1. The third-order valence-corrected chi connectivity index (χ3v) is 3.88. The topological polar surface area (TPSA) is 78.3 Å². The van der Waals surface area contributed by atoms with Gasteiger partial charge in [-0.3, -0.25) is 4.79 Å². The van der Waals surface area contributed by atoms with Crippen molar-refractivity contribution in [3.05, 3.63) is 58.1 Å². The maximum Gasteiger partial charge on any atom is 0.269 e. The number of amides is 1. The number of aromatic nitrogens is 1. The second-order valence-electron chi connectivity index (χ2n) is 4.75. The number of hydrogen-bond acceptors (Lipinski definition) is 3. The summed E-state index contributed by atoms with van der Waals surface area (Å²) < 4.78 is 5.07. The summed E-state index contributed by atoms with van der Waals surface area (Å²) in [7, 11) is 0. The van der Waals surface area contributed by atoms with Gasteiger partial charge in [0.2, 0.25) is 0 Å². The zero-order valence-corrected chi connectivity index (χ0v) is 12.8. The monoisotopic (exact) mass is 338 g/mol. The normalized spacial score (nSPS) is 12.5. The fourth-order valence-electron chi connectivity index (χ4n) is 2.15. The van der Waals surface area contributed by atoms with Gasteiger partial charge in [0.05, 0.1) is 17.8 Å². The Labute approximate surface area is 135 Å². The van der Waals surface area contributed by atoms with Gasteiger partial charge in [0, 0.05) is 15.9 Å². The van der Waals surface area contributed by atoms with Gasteiger partial charge in [-0.05, 0) is 30.3 Å². The zero-order valence-electron chi connectivity index (χ0n) is 11.3. The number of halogens is 2. The number of furan rings is 1. The first-order valence-corrected chi connectivity index (χ1v) is 7.28. The number of carbonyl (C=O) groups excluding carboxylic acids is 1. The van der Waals surface area contributed by atoms with Crippen LogP contribution in [-0.4, -0.2) is 22.5 Å². The summed E-state index contributed by atoms with van der Waals surface area (Å²) in [6.45, 7) is 0.0127. The van der Waals surface area contributed by atoms with Gasteiger partial charge >= 0.3 is 0 Å². The molecule has 3 N–H and O–H groups in total. The van der Waals surface area contributed by atoms with E-state index in [1.54, 1.807) is 30.3 Å². The fraction of sp³-hybridized carbons (Fsp3) is 0.133. The highest BCUT2D eigenvalue weighted by molar-refractivity contribution is 6.39. The van der Waals surface area contributed by atoms with Gasteiger partial charge in [-0.25, -0.2) is 0 Å². The van der Waals surface area contributed by atoms with Crippen LogP contribution in [0.1, 0.15) is 22.4 Å². The highest BCUT2D eigenvalue weighted by atomic mass is 35.5. The molecule has 0 saturated heterocycles. The molecule has 1 atom stereocenters. The molecule has 0 aliphatic carbocycles. The van der Waals surface area contributed by atoms with Crippen LogP contribution in [0.3, 0.4) is 0 Å². The number of aliphatic hydroxyl groups is 1. The van der Waals surface area contributed by atoms with Gasteiger partial charge in [-0.2, -0.15) is 0 Å². The van der Waals surface area contributed by atoms with Crippen molar-refractivity contribution in [2.45, 2.75) is 6.10 Å². The fourth-order valence-corrected chi connectivity index (χ4v) is 2.61. The van der Waals surface area contributed by atoms with Crippen LogP contribution in [-0.2, 0) is 0 Å². The molecular formula is C15H12Cl2N2O3. The maximum absolute atomic E-state index is 12.2. The third kappa shape index (κ3) is 2.83. The molecule has 3 aromatic rings. The second-order valence-corrected chi connectivity index (χ2v) is 5.56. The van der Waals surface area contributed by atoms with E-state index in [0.29, 0.717) is 26.7 Å². The molecule has 114 valence electrons. The number of nitrogens with one attached hydrogen (secondary N) is 2. The minimum Gasteiger partial charge on any atom is -0.467 e. The van der Waals surface area contributed by atoms with Crippen LogP contribution < -0.4 is 5.32 Å². The lowest BCUT2D eigenvalue weighted by Gasteiger charge is -2.09. The van der Waals surface area contributed by atoms with Crippen LogP contribution in [0.2, 0.25) is 10.0 Å². The van der Waals surface area contributed by atoms with E-state index in [1.807, 2.05) is 0 Å². The van der Waals surface area contributed by atoms with E-state index in [0.717, 1.165) is 0 Å². The number of rotatable bonds is 4. The Bertz CT molecular complexity index is 812. The van der Waals surface area contributed by atoms with Crippen molar-refractivity contribution in [1.29, 1.82) is 0 Å². The van der Waals surface area contributed by atoms with Crippen LogP contribution in [0, 0.1) is 0 Å². The highest BCUT2D eigenvalue weighted by Gasteiger charge is 2.18. The average molecular weight is 339 g/mol. The summed E-state index contributed by atoms with van der Waals surface area (Å²) >= 11 is 12.1. The van der Waals surface area contributed by atoms with E-state index in [4.69, 9.17) is 27.6 Å². The van der Waals surface area contributed by atoms with E-state index in [-0.39, 0.29) is 12.2 Å². The van der Waals surface area contributed by atoms with Crippen molar-refractivity contribution >= 4 is 40.0 Å². The molecule has 0 aliphatic rings. The van der Waals surface area contributed by atoms with Gasteiger partial charge in [0.15, 0.2) is 0 Å². The Kier molecular flexibility index (Phi) is 4.11. The second kappa shape index (κ2) is 6.04. The Balaban J connectivity index is 1.76. The Morgan fingerprint density at radius 2 is 2.18 bits per heavy atom. The smallest absolute Gasteiger partial charge is 0.269 e. The molecule has 0 spiro atoms. The number of H-pyrrole nitrogens is 1. The minimum atomic E-state index is -0.920. The number of hydrogen-bond donors (Lipinski definition) is 3. The third-order valence-electron chi connectivity index (χ3n) is 3.25. The molecule has 3 rings (SSSR count). The van der Waals surface area contributed by atoms with Crippen molar-refractivity contribution in [2.24, 2.45) is 0 Å². The van der Waals surface area contributed by atoms with Crippen molar-refractivity contribution in [3.63, 3.8) is 0 Å². The first kappa shape index (κ1) is 15.0. The van der Waals surface area contributed by atoms with Gasteiger partial charge in [0.1, 0.15) is 17.6 Å². The Morgan fingerprint density at radius 1 is 1.36 bits per heavy atom. The molecule has 0 saturated carbocycles. The van der Waals surface area contributed by atoms with E-state index in [9.17, 15) is 9.90 Å². The number of fused-ring (bicyclic) bond motifs is 1.